The van der Waals surface area contributed by atoms with E-state index in [0.717, 1.165) is 16.7 Å². The van der Waals surface area contributed by atoms with Crippen LogP contribution in [0.15, 0.2) is 42.5 Å². The highest BCUT2D eigenvalue weighted by Crippen LogP contribution is 2.25. The topological polar surface area (TPSA) is 62.7 Å². The highest BCUT2D eigenvalue weighted by Gasteiger charge is 2.23. The minimum absolute atomic E-state index is 0.107. The molecule has 0 fully saturated rings. The summed E-state index contributed by atoms with van der Waals surface area (Å²) in [6.45, 7) is 4.08. The Morgan fingerprint density at radius 1 is 1.14 bits per heavy atom. The van der Waals surface area contributed by atoms with Crippen molar-refractivity contribution in [2.45, 2.75) is 13.8 Å². The van der Waals surface area contributed by atoms with Gasteiger partial charge in [-0.3, -0.25) is 0 Å². The van der Waals surface area contributed by atoms with Crippen LogP contribution in [0.3, 0.4) is 0 Å². The molecule has 0 aromatic heterocycles. The van der Waals surface area contributed by atoms with E-state index in [0.29, 0.717) is 5.56 Å². The van der Waals surface area contributed by atoms with Crippen molar-refractivity contribution in [2.24, 2.45) is 0 Å². The number of nitrogens with zero attached hydrogens (tertiary/aromatic N) is 2. The van der Waals surface area contributed by atoms with Crippen LogP contribution in [0.2, 0.25) is 0 Å². The summed E-state index contributed by atoms with van der Waals surface area (Å²) in [7, 11) is 1.25. The van der Waals surface area contributed by atoms with E-state index in [1.54, 1.807) is 6.07 Å². The summed E-state index contributed by atoms with van der Waals surface area (Å²) in [6, 6.07) is 13.5. The first kappa shape index (κ1) is 14.7. The van der Waals surface area contributed by atoms with Gasteiger partial charge in [-0.25, -0.2) is 4.79 Å². The fourth-order valence-electron chi connectivity index (χ4n) is 2.28. The lowest BCUT2D eigenvalue weighted by molar-refractivity contribution is -0.137. The largest absolute Gasteiger partial charge is 0.460 e. The van der Waals surface area contributed by atoms with Gasteiger partial charge in [0.2, 0.25) is 0 Å². The number of aryl methyl sites for hydroxylation is 2. The molecule has 4 heteroatoms. The molecule has 0 bridgehead atoms. The van der Waals surface area contributed by atoms with Crippen LogP contribution in [-0.4, -0.2) is 23.6 Å². The van der Waals surface area contributed by atoms with Crippen molar-refractivity contribution < 1.29 is 14.3 Å². The molecule has 0 radical (unpaired) electrons. The number of hydrogen-bond acceptors (Lipinski definition) is 2. The Morgan fingerprint density at radius 2 is 1.90 bits per heavy atom. The van der Waals surface area contributed by atoms with Crippen molar-refractivity contribution in [3.8, 4) is 11.1 Å². The fourth-order valence-corrected chi connectivity index (χ4v) is 2.28. The molecule has 2 aromatic carbocycles. The zero-order valence-electron chi connectivity index (χ0n) is 12.3. The fraction of sp³-hybridized carbons (Fsp3) is 0.176. The van der Waals surface area contributed by atoms with Gasteiger partial charge in [-0.2, -0.15) is 4.79 Å². The molecule has 0 aliphatic rings. The standard InChI is InChI=1S/C17H16N2O2/c1-11-7-8-15(12(2)9-11)13-5-4-6-14(10-13)16(19-18)17(20)21-3/h4-10H,1-3H3. The van der Waals surface area contributed by atoms with Crippen molar-refractivity contribution in [3.63, 3.8) is 0 Å². The van der Waals surface area contributed by atoms with E-state index in [-0.39, 0.29) is 5.71 Å². The van der Waals surface area contributed by atoms with E-state index in [4.69, 9.17) is 5.53 Å². The number of esters is 1. The molecule has 0 amide bonds. The number of carbonyl (C=O) groups excluding carboxylic acids is 1. The number of carbonyl (C=O) groups is 1. The molecular weight excluding hydrogens is 264 g/mol. The third-order valence-corrected chi connectivity index (χ3v) is 3.31. The van der Waals surface area contributed by atoms with Gasteiger partial charge in [0.25, 0.3) is 0 Å². The number of benzene rings is 2. The van der Waals surface area contributed by atoms with Crippen LogP contribution in [0.4, 0.5) is 0 Å². The number of rotatable bonds is 3. The van der Waals surface area contributed by atoms with E-state index >= 15 is 0 Å². The number of ether oxygens (including phenoxy) is 1. The normalized spacial score (nSPS) is 9.86. The van der Waals surface area contributed by atoms with Crippen LogP contribution >= 0.6 is 0 Å². The minimum atomic E-state index is -0.671. The van der Waals surface area contributed by atoms with Crippen LogP contribution in [0.1, 0.15) is 16.7 Å². The SMILES string of the molecule is COC(=O)C(=[N+]=[N-])c1cccc(-c2ccc(C)cc2C)c1. The van der Waals surface area contributed by atoms with E-state index in [9.17, 15) is 4.79 Å². The lowest BCUT2D eigenvalue weighted by atomic mass is 9.96. The molecule has 0 aliphatic heterocycles. The zero-order chi connectivity index (χ0) is 15.4. The third kappa shape index (κ3) is 3.07. The van der Waals surface area contributed by atoms with Gasteiger partial charge in [-0.1, -0.05) is 35.9 Å². The highest BCUT2D eigenvalue weighted by molar-refractivity contribution is 6.40. The monoisotopic (exact) mass is 280 g/mol. The van der Waals surface area contributed by atoms with Gasteiger partial charge in [-0.15, -0.1) is 0 Å². The molecule has 0 aliphatic carbocycles. The molecule has 4 nitrogen and oxygen atoms in total. The molecule has 0 saturated carbocycles. The van der Waals surface area contributed by atoms with Crippen LogP contribution in [0.25, 0.3) is 16.7 Å². The van der Waals surface area contributed by atoms with Gasteiger partial charge in [0.1, 0.15) is 0 Å². The van der Waals surface area contributed by atoms with Gasteiger partial charge in [0.05, 0.1) is 12.7 Å². The maximum Gasteiger partial charge on any atom is 0.422 e. The summed E-state index contributed by atoms with van der Waals surface area (Å²) >= 11 is 0. The van der Waals surface area contributed by atoms with Crippen LogP contribution < -0.4 is 0 Å². The summed E-state index contributed by atoms with van der Waals surface area (Å²) in [6.07, 6.45) is 0. The van der Waals surface area contributed by atoms with Crippen LogP contribution in [0, 0.1) is 13.8 Å². The summed E-state index contributed by atoms with van der Waals surface area (Å²) in [5, 5.41) is 0. The first-order valence-corrected chi connectivity index (χ1v) is 6.55. The summed E-state index contributed by atoms with van der Waals surface area (Å²) in [5.41, 5.74) is 13.8. The van der Waals surface area contributed by atoms with Gasteiger partial charge in [0.15, 0.2) is 0 Å². The Labute approximate surface area is 123 Å². The zero-order valence-corrected chi connectivity index (χ0v) is 12.3. The first-order valence-electron chi connectivity index (χ1n) is 6.55. The highest BCUT2D eigenvalue weighted by atomic mass is 16.5. The quantitative estimate of drug-likeness (QED) is 0.375. The molecule has 0 spiro atoms. The lowest BCUT2D eigenvalue weighted by Crippen LogP contribution is -2.18. The Hall–Kier alpha value is -2.71. The smallest absolute Gasteiger partial charge is 0.422 e. The number of methoxy groups -OCH3 is 1. The van der Waals surface area contributed by atoms with Gasteiger partial charge in [0, 0.05) is 0 Å². The van der Waals surface area contributed by atoms with Crippen molar-refractivity contribution in [3.05, 3.63) is 64.7 Å². The van der Waals surface area contributed by atoms with Crippen LogP contribution in [0.5, 0.6) is 0 Å². The molecule has 21 heavy (non-hydrogen) atoms. The van der Waals surface area contributed by atoms with Crippen molar-refractivity contribution in [1.29, 1.82) is 0 Å². The molecule has 0 heterocycles. The lowest BCUT2D eigenvalue weighted by Gasteiger charge is -2.08. The molecule has 0 N–H and O–H groups in total. The van der Waals surface area contributed by atoms with Crippen molar-refractivity contribution in [2.75, 3.05) is 7.11 Å². The average Bonchev–Trinajstić information content (AvgIpc) is 2.48. The van der Waals surface area contributed by atoms with Gasteiger partial charge in [-0.05, 0) is 42.7 Å². The summed E-state index contributed by atoms with van der Waals surface area (Å²) < 4.78 is 4.61. The van der Waals surface area contributed by atoms with Gasteiger partial charge >= 0.3 is 11.7 Å². The van der Waals surface area contributed by atoms with Crippen molar-refractivity contribution in [1.82, 2.24) is 0 Å². The maximum atomic E-state index is 11.6. The molecule has 2 aromatic rings. The molecule has 0 unspecified atom stereocenters. The minimum Gasteiger partial charge on any atom is -0.460 e. The second-order valence-corrected chi connectivity index (χ2v) is 4.84. The van der Waals surface area contributed by atoms with Crippen molar-refractivity contribution >= 4 is 11.7 Å². The van der Waals surface area contributed by atoms with E-state index in [1.807, 2.05) is 44.2 Å². The molecular formula is C17H16N2O2. The second-order valence-electron chi connectivity index (χ2n) is 4.84. The average molecular weight is 280 g/mol. The molecule has 0 saturated heterocycles. The predicted octanol–water partition coefficient (Wildman–Crippen LogP) is 3.16. The Kier molecular flexibility index (Phi) is 4.31. The van der Waals surface area contributed by atoms with Gasteiger partial charge < -0.3 is 10.3 Å². The predicted molar refractivity (Wildman–Crippen MR) is 81.1 cm³/mol. The summed E-state index contributed by atoms with van der Waals surface area (Å²) in [5.74, 6) is -0.671. The van der Waals surface area contributed by atoms with E-state index in [2.05, 4.69) is 15.6 Å². The Bertz CT molecular complexity index is 744. The van der Waals surface area contributed by atoms with E-state index < -0.39 is 5.97 Å². The maximum absolute atomic E-state index is 11.6. The third-order valence-electron chi connectivity index (χ3n) is 3.31. The Morgan fingerprint density at radius 3 is 2.52 bits per heavy atom. The molecule has 2 rings (SSSR count). The first-order chi connectivity index (χ1) is 10.1. The second kappa shape index (κ2) is 6.16. The molecule has 106 valence electrons. The van der Waals surface area contributed by atoms with Crippen LogP contribution in [-0.2, 0) is 9.53 Å². The van der Waals surface area contributed by atoms with E-state index in [1.165, 1.54) is 12.7 Å². The summed E-state index contributed by atoms with van der Waals surface area (Å²) in [4.78, 5) is 14.6. The number of hydrogen-bond donors (Lipinski definition) is 0. The molecule has 0 atom stereocenters. The Balaban J connectivity index is 2.52.